The summed E-state index contributed by atoms with van der Waals surface area (Å²) in [4.78, 5) is 12.0. The van der Waals surface area contributed by atoms with Gasteiger partial charge in [-0.2, -0.15) is 5.10 Å². The molecule has 1 heterocycles. The van der Waals surface area contributed by atoms with Crippen LogP contribution < -0.4 is 11.1 Å². The van der Waals surface area contributed by atoms with Crippen LogP contribution in [-0.2, 0) is 0 Å². The Morgan fingerprint density at radius 3 is 2.38 bits per heavy atom. The van der Waals surface area contributed by atoms with E-state index in [1.165, 1.54) is 6.20 Å². The average molecular weight is 224 g/mol. The molecule has 0 atom stereocenters. The summed E-state index contributed by atoms with van der Waals surface area (Å²) in [5.74, 6) is 0.159. The van der Waals surface area contributed by atoms with Gasteiger partial charge in [0.15, 0.2) is 0 Å². The summed E-state index contributed by atoms with van der Waals surface area (Å²) in [7, 11) is 0. The number of nitrogens with zero attached hydrogens (tertiary/aromatic N) is 1. The van der Waals surface area contributed by atoms with Crippen molar-refractivity contribution in [1.82, 2.24) is 15.5 Å². The van der Waals surface area contributed by atoms with Gasteiger partial charge in [-0.05, 0) is 19.3 Å². The minimum Gasteiger partial charge on any atom is -0.383 e. The fourth-order valence-corrected chi connectivity index (χ4v) is 1.80. The predicted octanol–water partition coefficient (Wildman–Crippen LogP) is 1.69. The molecule has 0 unspecified atom stereocenters. The summed E-state index contributed by atoms with van der Waals surface area (Å²) in [6, 6.07) is 0. The van der Waals surface area contributed by atoms with Crippen molar-refractivity contribution >= 4 is 11.7 Å². The number of amides is 1. The van der Waals surface area contributed by atoms with Gasteiger partial charge in [-0.1, -0.05) is 20.8 Å². The Bertz CT molecular complexity index is 346. The molecule has 0 aliphatic carbocycles. The number of hydrogen-bond acceptors (Lipinski definition) is 3. The van der Waals surface area contributed by atoms with E-state index >= 15 is 0 Å². The number of anilines is 1. The molecule has 0 aromatic carbocycles. The van der Waals surface area contributed by atoms with Crippen molar-refractivity contribution in [3.63, 3.8) is 0 Å². The molecule has 0 saturated heterocycles. The summed E-state index contributed by atoms with van der Waals surface area (Å²) in [6.07, 6.45) is 4.17. The van der Waals surface area contributed by atoms with E-state index in [0.717, 1.165) is 19.3 Å². The Labute approximate surface area is 95.8 Å². The maximum Gasteiger partial charge on any atom is 0.257 e. The molecule has 4 N–H and O–H groups in total. The molecule has 0 radical (unpaired) electrons. The summed E-state index contributed by atoms with van der Waals surface area (Å²) < 4.78 is 0. The minimum absolute atomic E-state index is 0.138. The average Bonchev–Trinajstić information content (AvgIpc) is 2.72. The highest BCUT2D eigenvalue weighted by atomic mass is 16.1. The number of aromatic amines is 1. The first kappa shape index (κ1) is 12.5. The Morgan fingerprint density at radius 2 is 2.00 bits per heavy atom. The highest BCUT2D eigenvalue weighted by Gasteiger charge is 2.27. The first-order valence-electron chi connectivity index (χ1n) is 5.70. The SMILES string of the molecule is CCC(CC)(CC)NC(=O)c1cn[nH]c1N. The number of nitrogen functional groups attached to an aromatic ring is 1. The van der Waals surface area contributed by atoms with Gasteiger partial charge in [0, 0.05) is 5.54 Å². The van der Waals surface area contributed by atoms with Crippen LogP contribution in [0, 0.1) is 0 Å². The number of carbonyl (C=O) groups is 1. The number of nitrogens with one attached hydrogen (secondary N) is 2. The largest absolute Gasteiger partial charge is 0.383 e. The third-order valence-electron chi connectivity index (χ3n) is 3.32. The van der Waals surface area contributed by atoms with Gasteiger partial charge >= 0.3 is 0 Å². The predicted molar refractivity (Wildman–Crippen MR) is 64.1 cm³/mol. The molecular weight excluding hydrogens is 204 g/mol. The Balaban J connectivity index is 2.81. The van der Waals surface area contributed by atoms with Gasteiger partial charge in [0.25, 0.3) is 5.91 Å². The summed E-state index contributed by atoms with van der Waals surface area (Å²) in [5, 5.41) is 9.34. The number of carbonyl (C=O) groups excluding carboxylic acids is 1. The molecule has 5 nitrogen and oxygen atoms in total. The Hall–Kier alpha value is -1.52. The van der Waals surface area contributed by atoms with Crippen molar-refractivity contribution in [1.29, 1.82) is 0 Å². The van der Waals surface area contributed by atoms with E-state index in [0.29, 0.717) is 11.4 Å². The number of aromatic nitrogens is 2. The van der Waals surface area contributed by atoms with Crippen molar-refractivity contribution < 1.29 is 4.79 Å². The second-order valence-corrected chi connectivity index (χ2v) is 3.99. The van der Waals surface area contributed by atoms with E-state index in [9.17, 15) is 4.79 Å². The van der Waals surface area contributed by atoms with Crippen LogP contribution in [0.4, 0.5) is 5.82 Å². The molecule has 5 heteroatoms. The van der Waals surface area contributed by atoms with Crippen LogP contribution in [0.1, 0.15) is 50.4 Å². The maximum atomic E-state index is 12.0. The Kier molecular flexibility index (Phi) is 3.93. The van der Waals surface area contributed by atoms with Crippen LogP contribution in [0.15, 0.2) is 6.20 Å². The second kappa shape index (κ2) is 5.01. The van der Waals surface area contributed by atoms with Crippen LogP contribution in [0.5, 0.6) is 0 Å². The van der Waals surface area contributed by atoms with Crippen LogP contribution in [0.25, 0.3) is 0 Å². The van der Waals surface area contributed by atoms with Gasteiger partial charge in [0.1, 0.15) is 11.4 Å². The monoisotopic (exact) mass is 224 g/mol. The fourth-order valence-electron chi connectivity index (χ4n) is 1.80. The molecule has 1 amide bonds. The molecule has 0 bridgehead atoms. The topological polar surface area (TPSA) is 83.8 Å². The van der Waals surface area contributed by atoms with Crippen LogP contribution in [0.2, 0.25) is 0 Å². The molecule has 0 aliphatic rings. The van der Waals surface area contributed by atoms with Gasteiger partial charge in [-0.25, -0.2) is 0 Å². The quantitative estimate of drug-likeness (QED) is 0.711. The summed E-state index contributed by atoms with van der Waals surface area (Å²) in [5.41, 5.74) is 5.88. The molecule has 16 heavy (non-hydrogen) atoms. The molecule has 90 valence electrons. The molecule has 1 aromatic heterocycles. The molecule has 0 spiro atoms. The zero-order chi connectivity index (χ0) is 12.2. The molecule has 0 aliphatic heterocycles. The number of rotatable bonds is 5. The van der Waals surface area contributed by atoms with E-state index in [4.69, 9.17) is 5.73 Å². The van der Waals surface area contributed by atoms with E-state index in [2.05, 4.69) is 36.3 Å². The maximum absolute atomic E-state index is 12.0. The van der Waals surface area contributed by atoms with E-state index in [1.807, 2.05) is 0 Å². The lowest BCUT2D eigenvalue weighted by Crippen LogP contribution is -2.47. The smallest absolute Gasteiger partial charge is 0.257 e. The highest BCUT2D eigenvalue weighted by molar-refractivity contribution is 5.98. The third-order valence-corrected chi connectivity index (χ3v) is 3.32. The van der Waals surface area contributed by atoms with Crippen molar-refractivity contribution in [3.05, 3.63) is 11.8 Å². The van der Waals surface area contributed by atoms with Crippen molar-refractivity contribution in [2.75, 3.05) is 5.73 Å². The fraction of sp³-hybridized carbons (Fsp3) is 0.636. The zero-order valence-corrected chi connectivity index (χ0v) is 10.1. The van der Waals surface area contributed by atoms with Gasteiger partial charge < -0.3 is 11.1 Å². The second-order valence-electron chi connectivity index (χ2n) is 3.99. The summed E-state index contributed by atoms with van der Waals surface area (Å²) in [6.45, 7) is 6.23. The van der Waals surface area contributed by atoms with Crippen molar-refractivity contribution in [3.8, 4) is 0 Å². The zero-order valence-electron chi connectivity index (χ0n) is 10.1. The normalized spacial score (nSPS) is 11.4. The lowest BCUT2D eigenvalue weighted by Gasteiger charge is -2.31. The molecule has 0 fully saturated rings. The van der Waals surface area contributed by atoms with Gasteiger partial charge in [-0.3, -0.25) is 9.89 Å². The van der Waals surface area contributed by atoms with Gasteiger partial charge in [0.2, 0.25) is 0 Å². The van der Waals surface area contributed by atoms with E-state index in [1.54, 1.807) is 0 Å². The van der Waals surface area contributed by atoms with Crippen molar-refractivity contribution in [2.45, 2.75) is 45.6 Å². The number of H-pyrrole nitrogens is 1. The highest BCUT2D eigenvalue weighted by Crippen LogP contribution is 2.20. The number of nitrogens with two attached hydrogens (primary N) is 1. The van der Waals surface area contributed by atoms with Crippen molar-refractivity contribution in [2.24, 2.45) is 0 Å². The van der Waals surface area contributed by atoms with Crippen LogP contribution >= 0.6 is 0 Å². The minimum atomic E-state index is -0.156. The molecule has 0 saturated carbocycles. The van der Waals surface area contributed by atoms with E-state index in [-0.39, 0.29) is 11.4 Å². The standard InChI is InChI=1S/C11H20N4O/c1-4-11(5-2,6-3)14-10(16)8-7-13-15-9(8)12/h7H,4-6H2,1-3H3,(H,14,16)(H3,12,13,15). The Morgan fingerprint density at radius 1 is 1.44 bits per heavy atom. The third kappa shape index (κ3) is 2.35. The van der Waals surface area contributed by atoms with E-state index < -0.39 is 0 Å². The first-order valence-corrected chi connectivity index (χ1v) is 5.70. The molecule has 1 aromatic rings. The first-order chi connectivity index (χ1) is 7.58. The van der Waals surface area contributed by atoms with Gasteiger partial charge in [-0.15, -0.1) is 0 Å². The molecule has 1 rings (SSSR count). The number of hydrogen-bond donors (Lipinski definition) is 3. The van der Waals surface area contributed by atoms with Crippen LogP contribution in [-0.4, -0.2) is 21.6 Å². The van der Waals surface area contributed by atoms with Gasteiger partial charge in [0.05, 0.1) is 6.20 Å². The summed E-state index contributed by atoms with van der Waals surface area (Å²) >= 11 is 0. The van der Waals surface area contributed by atoms with Crippen LogP contribution in [0.3, 0.4) is 0 Å². The lowest BCUT2D eigenvalue weighted by molar-refractivity contribution is 0.0889. The molecular formula is C11H20N4O. The lowest BCUT2D eigenvalue weighted by atomic mass is 9.89.